The molecule has 1 aromatic carbocycles. The smallest absolute Gasteiger partial charge is 0.341 e. The van der Waals surface area contributed by atoms with Crippen LogP contribution >= 0.6 is 0 Å². The van der Waals surface area contributed by atoms with Gasteiger partial charge in [0.25, 0.3) is 0 Å². The van der Waals surface area contributed by atoms with E-state index in [1.165, 1.54) is 19.2 Å². The van der Waals surface area contributed by atoms with Gasteiger partial charge in [0.15, 0.2) is 0 Å². The Morgan fingerprint density at radius 2 is 2.38 bits per heavy atom. The molecule has 4 nitrogen and oxygen atoms in total. The maximum absolute atomic E-state index is 11.3. The zero-order valence-electron chi connectivity index (χ0n) is 8.80. The molecule has 0 heterocycles. The van der Waals surface area contributed by atoms with E-state index in [0.717, 1.165) is 5.56 Å². The second-order valence-electron chi connectivity index (χ2n) is 3.03. The second-order valence-corrected chi connectivity index (χ2v) is 3.03. The molecule has 82 valence electrons. The number of nitriles is 1. The van der Waals surface area contributed by atoms with E-state index in [4.69, 9.17) is 5.26 Å². The number of methoxy groups -OCH3 is 1. The molecular weight excluding hydrogens is 206 g/mol. The maximum Gasteiger partial charge on any atom is 0.341 e. The number of rotatable bonds is 3. The third kappa shape index (κ3) is 2.85. The molecule has 0 amide bonds. The minimum atomic E-state index is -0.590. The van der Waals surface area contributed by atoms with Gasteiger partial charge >= 0.3 is 5.97 Å². The highest BCUT2D eigenvalue weighted by Crippen LogP contribution is 2.20. The van der Waals surface area contributed by atoms with Crippen molar-refractivity contribution in [3.63, 3.8) is 0 Å². The van der Waals surface area contributed by atoms with E-state index in [1.54, 1.807) is 18.2 Å². The van der Waals surface area contributed by atoms with Crippen LogP contribution in [0.15, 0.2) is 24.3 Å². The lowest BCUT2D eigenvalue weighted by molar-refractivity contribution is 0.0597. The van der Waals surface area contributed by atoms with Crippen molar-refractivity contribution in [3.8, 4) is 11.8 Å². The Kier molecular flexibility index (Phi) is 4.10. The summed E-state index contributed by atoms with van der Waals surface area (Å²) in [5.74, 6) is -0.711. The van der Waals surface area contributed by atoms with Crippen LogP contribution in [0.4, 0.5) is 0 Å². The summed E-state index contributed by atoms with van der Waals surface area (Å²) in [4.78, 5) is 11.3. The van der Waals surface area contributed by atoms with Gasteiger partial charge in [-0.1, -0.05) is 18.2 Å². The minimum Gasteiger partial charge on any atom is -0.507 e. The van der Waals surface area contributed by atoms with Crippen molar-refractivity contribution in [3.05, 3.63) is 35.4 Å². The average molecular weight is 217 g/mol. The fraction of sp³-hybridized carbons (Fsp3) is 0.167. The summed E-state index contributed by atoms with van der Waals surface area (Å²) in [5, 5.41) is 17.8. The first-order valence-corrected chi connectivity index (χ1v) is 4.64. The molecule has 4 heteroatoms. The Hall–Kier alpha value is -2.28. The van der Waals surface area contributed by atoms with Crippen LogP contribution in [-0.4, -0.2) is 18.2 Å². The number of benzene rings is 1. The van der Waals surface area contributed by atoms with Gasteiger partial charge in [0, 0.05) is 0 Å². The number of aromatic hydroxyl groups is 1. The van der Waals surface area contributed by atoms with E-state index in [1.807, 2.05) is 6.07 Å². The van der Waals surface area contributed by atoms with Crippen molar-refractivity contribution in [2.45, 2.75) is 6.42 Å². The number of allylic oxidation sites excluding steroid dienone is 1. The van der Waals surface area contributed by atoms with Gasteiger partial charge in [0.05, 0.1) is 19.6 Å². The van der Waals surface area contributed by atoms with Crippen LogP contribution in [0.2, 0.25) is 0 Å². The molecule has 0 radical (unpaired) electrons. The van der Waals surface area contributed by atoms with Gasteiger partial charge in [-0.05, 0) is 17.7 Å². The molecule has 0 fully saturated rings. The van der Waals surface area contributed by atoms with Crippen LogP contribution < -0.4 is 0 Å². The molecule has 1 rings (SSSR count). The SMILES string of the molecule is COC(=O)c1cc(C=CCC#N)ccc1O. The van der Waals surface area contributed by atoms with Gasteiger partial charge in [-0.3, -0.25) is 0 Å². The summed E-state index contributed by atoms with van der Waals surface area (Å²) >= 11 is 0. The lowest BCUT2D eigenvalue weighted by Gasteiger charge is -2.03. The molecule has 0 aliphatic carbocycles. The minimum absolute atomic E-state index is 0.113. The average Bonchev–Trinajstić information content (AvgIpc) is 2.30. The van der Waals surface area contributed by atoms with E-state index < -0.39 is 5.97 Å². The number of carbonyl (C=O) groups is 1. The number of carbonyl (C=O) groups excluding carboxylic acids is 1. The van der Waals surface area contributed by atoms with Crippen molar-refractivity contribution in [1.29, 1.82) is 5.26 Å². The van der Waals surface area contributed by atoms with Crippen LogP contribution in [0, 0.1) is 11.3 Å². The van der Waals surface area contributed by atoms with Crippen molar-refractivity contribution in [2.75, 3.05) is 7.11 Å². The Balaban J connectivity index is 2.99. The maximum atomic E-state index is 11.3. The molecule has 0 aliphatic heterocycles. The topological polar surface area (TPSA) is 70.3 Å². The molecule has 16 heavy (non-hydrogen) atoms. The molecule has 0 spiro atoms. The van der Waals surface area contributed by atoms with Crippen LogP contribution in [-0.2, 0) is 4.74 Å². The fourth-order valence-corrected chi connectivity index (χ4v) is 1.18. The Bertz CT molecular complexity index is 458. The van der Waals surface area contributed by atoms with E-state index in [9.17, 15) is 9.90 Å². The molecular formula is C12H11NO3. The Morgan fingerprint density at radius 3 is 3.00 bits per heavy atom. The monoisotopic (exact) mass is 217 g/mol. The van der Waals surface area contributed by atoms with Crippen molar-refractivity contribution >= 4 is 12.0 Å². The third-order valence-corrected chi connectivity index (χ3v) is 1.95. The summed E-state index contributed by atoms with van der Waals surface area (Å²) in [7, 11) is 1.25. The quantitative estimate of drug-likeness (QED) is 0.787. The number of nitrogens with zero attached hydrogens (tertiary/aromatic N) is 1. The zero-order chi connectivity index (χ0) is 12.0. The third-order valence-electron chi connectivity index (χ3n) is 1.95. The largest absolute Gasteiger partial charge is 0.507 e. The fourth-order valence-electron chi connectivity index (χ4n) is 1.18. The highest BCUT2D eigenvalue weighted by molar-refractivity contribution is 5.93. The zero-order valence-corrected chi connectivity index (χ0v) is 8.80. The first-order valence-electron chi connectivity index (χ1n) is 4.64. The summed E-state index contributed by atoms with van der Waals surface area (Å²) in [6, 6.07) is 6.54. The molecule has 0 aromatic heterocycles. The number of hydrogen-bond donors (Lipinski definition) is 1. The number of hydrogen-bond acceptors (Lipinski definition) is 4. The second kappa shape index (κ2) is 5.56. The number of phenolic OH excluding ortho intramolecular Hbond substituents is 1. The Labute approximate surface area is 93.4 Å². The van der Waals surface area contributed by atoms with Gasteiger partial charge in [0.1, 0.15) is 11.3 Å². The van der Waals surface area contributed by atoms with E-state index in [2.05, 4.69) is 4.74 Å². The molecule has 0 bridgehead atoms. The lowest BCUT2D eigenvalue weighted by Crippen LogP contribution is -2.01. The molecule has 0 unspecified atom stereocenters. The van der Waals surface area contributed by atoms with Crippen LogP contribution in [0.25, 0.3) is 6.08 Å². The number of esters is 1. The number of ether oxygens (including phenoxy) is 1. The van der Waals surface area contributed by atoms with Gasteiger partial charge in [0.2, 0.25) is 0 Å². The lowest BCUT2D eigenvalue weighted by atomic mass is 10.1. The van der Waals surface area contributed by atoms with Crippen molar-refractivity contribution < 1.29 is 14.6 Å². The molecule has 0 saturated carbocycles. The van der Waals surface area contributed by atoms with Gasteiger partial charge in [-0.2, -0.15) is 5.26 Å². The summed E-state index contributed by atoms with van der Waals surface area (Å²) in [6.07, 6.45) is 3.68. The first kappa shape index (κ1) is 11.8. The highest BCUT2D eigenvalue weighted by Gasteiger charge is 2.10. The Morgan fingerprint density at radius 1 is 1.62 bits per heavy atom. The van der Waals surface area contributed by atoms with E-state index >= 15 is 0 Å². The van der Waals surface area contributed by atoms with Gasteiger partial charge < -0.3 is 9.84 Å². The predicted molar refractivity (Wildman–Crippen MR) is 58.7 cm³/mol. The van der Waals surface area contributed by atoms with Crippen molar-refractivity contribution in [2.24, 2.45) is 0 Å². The molecule has 0 saturated heterocycles. The van der Waals surface area contributed by atoms with Gasteiger partial charge in [-0.25, -0.2) is 4.79 Å². The normalized spacial score (nSPS) is 10.0. The van der Waals surface area contributed by atoms with Crippen LogP contribution in [0.1, 0.15) is 22.3 Å². The molecule has 1 aromatic rings. The summed E-state index contributed by atoms with van der Waals surface area (Å²) in [6.45, 7) is 0. The van der Waals surface area contributed by atoms with E-state index in [0.29, 0.717) is 6.42 Å². The van der Waals surface area contributed by atoms with E-state index in [-0.39, 0.29) is 11.3 Å². The molecule has 1 N–H and O–H groups in total. The first-order chi connectivity index (χ1) is 7.69. The standard InChI is InChI=1S/C12H11NO3/c1-16-12(15)10-8-9(4-2-3-7-13)5-6-11(10)14/h2,4-6,8,14H,3H2,1H3. The molecule has 0 aliphatic rings. The molecule has 0 atom stereocenters. The van der Waals surface area contributed by atoms with Gasteiger partial charge in [-0.15, -0.1) is 0 Å². The summed E-state index contributed by atoms with van der Waals surface area (Å²) in [5.41, 5.74) is 0.843. The van der Waals surface area contributed by atoms with Crippen LogP contribution in [0.5, 0.6) is 5.75 Å². The van der Waals surface area contributed by atoms with Crippen LogP contribution in [0.3, 0.4) is 0 Å². The predicted octanol–water partition coefficient (Wildman–Crippen LogP) is 2.11. The number of phenols is 1. The van der Waals surface area contributed by atoms with Crippen molar-refractivity contribution in [1.82, 2.24) is 0 Å². The highest BCUT2D eigenvalue weighted by atomic mass is 16.5. The summed E-state index contributed by atoms with van der Waals surface area (Å²) < 4.78 is 4.52.